The minimum Gasteiger partial charge on any atom is -0.314 e. The van der Waals surface area contributed by atoms with Gasteiger partial charge in [0.2, 0.25) is 0 Å². The Morgan fingerprint density at radius 1 is 1.50 bits per heavy atom. The van der Waals surface area contributed by atoms with E-state index in [2.05, 4.69) is 29.8 Å². The van der Waals surface area contributed by atoms with E-state index in [4.69, 9.17) is 0 Å². The van der Waals surface area contributed by atoms with E-state index in [-0.39, 0.29) is 0 Å². The highest BCUT2D eigenvalue weighted by Gasteiger charge is 2.29. The summed E-state index contributed by atoms with van der Waals surface area (Å²) in [5, 5.41) is 5.90. The molecule has 0 aliphatic heterocycles. The smallest absolute Gasteiger partial charge is 0.00954 e. The van der Waals surface area contributed by atoms with Gasteiger partial charge in [0.15, 0.2) is 0 Å². The van der Waals surface area contributed by atoms with Crippen LogP contribution >= 0.6 is 11.3 Å². The van der Waals surface area contributed by atoms with Gasteiger partial charge in [0, 0.05) is 10.9 Å². The molecule has 1 atom stereocenters. The Balaban J connectivity index is 1.65. The Morgan fingerprint density at radius 2 is 2.38 bits per heavy atom. The Hall–Kier alpha value is -0.340. The summed E-state index contributed by atoms with van der Waals surface area (Å²) < 4.78 is 0. The van der Waals surface area contributed by atoms with E-state index in [1.807, 2.05) is 11.3 Å². The van der Waals surface area contributed by atoms with Gasteiger partial charge in [-0.2, -0.15) is 0 Å². The zero-order valence-corrected chi connectivity index (χ0v) is 11.1. The molecule has 0 spiro atoms. The van der Waals surface area contributed by atoms with E-state index in [1.54, 1.807) is 4.88 Å². The predicted octanol–water partition coefficient (Wildman–Crippen LogP) is 3.85. The van der Waals surface area contributed by atoms with Gasteiger partial charge in [0.25, 0.3) is 0 Å². The molecule has 90 valence electrons. The van der Waals surface area contributed by atoms with Crippen LogP contribution in [0.5, 0.6) is 0 Å². The first-order valence-electron chi connectivity index (χ1n) is 6.66. The SMILES string of the molecule is CCCNC(CCCc1cccs1)C1CC1. The third-order valence-corrected chi connectivity index (χ3v) is 4.30. The van der Waals surface area contributed by atoms with E-state index >= 15 is 0 Å². The topological polar surface area (TPSA) is 12.0 Å². The van der Waals surface area contributed by atoms with Crippen LogP contribution in [0.2, 0.25) is 0 Å². The molecule has 2 heteroatoms. The van der Waals surface area contributed by atoms with Crippen LogP contribution in [0.4, 0.5) is 0 Å². The summed E-state index contributed by atoms with van der Waals surface area (Å²) in [5.41, 5.74) is 0. The molecule has 1 aromatic heterocycles. The van der Waals surface area contributed by atoms with Crippen LogP contribution in [0.1, 0.15) is 43.9 Å². The first-order chi connectivity index (χ1) is 7.90. The highest BCUT2D eigenvalue weighted by atomic mass is 32.1. The minimum absolute atomic E-state index is 0.805. The molecule has 1 N–H and O–H groups in total. The minimum atomic E-state index is 0.805. The summed E-state index contributed by atoms with van der Waals surface area (Å²) >= 11 is 1.90. The van der Waals surface area contributed by atoms with Crippen LogP contribution in [0.25, 0.3) is 0 Å². The first kappa shape index (κ1) is 12.1. The van der Waals surface area contributed by atoms with Gasteiger partial charge in [-0.1, -0.05) is 13.0 Å². The lowest BCUT2D eigenvalue weighted by atomic mass is 10.0. The van der Waals surface area contributed by atoms with Crippen LogP contribution in [0.15, 0.2) is 17.5 Å². The summed E-state index contributed by atoms with van der Waals surface area (Å²) in [6, 6.07) is 5.23. The van der Waals surface area contributed by atoms with Crippen molar-refractivity contribution in [3.63, 3.8) is 0 Å². The van der Waals surface area contributed by atoms with E-state index in [0.29, 0.717) is 0 Å². The summed E-state index contributed by atoms with van der Waals surface area (Å²) in [7, 11) is 0. The van der Waals surface area contributed by atoms with Crippen molar-refractivity contribution in [2.24, 2.45) is 5.92 Å². The second kappa shape index (κ2) is 6.41. The molecule has 0 amide bonds. The maximum absolute atomic E-state index is 3.71. The quantitative estimate of drug-likeness (QED) is 0.724. The van der Waals surface area contributed by atoms with Gasteiger partial charge in [-0.15, -0.1) is 11.3 Å². The van der Waals surface area contributed by atoms with Crippen LogP contribution in [-0.4, -0.2) is 12.6 Å². The molecule has 1 aliphatic carbocycles. The zero-order chi connectivity index (χ0) is 11.2. The average molecular weight is 237 g/mol. The third-order valence-electron chi connectivity index (χ3n) is 3.37. The molecule has 1 aliphatic rings. The number of hydrogen-bond donors (Lipinski definition) is 1. The summed E-state index contributed by atoms with van der Waals surface area (Å²) in [5.74, 6) is 0.995. The van der Waals surface area contributed by atoms with Crippen molar-refractivity contribution in [1.29, 1.82) is 0 Å². The second-order valence-corrected chi connectivity index (χ2v) is 5.90. The number of aryl methyl sites for hydroxylation is 1. The molecule has 16 heavy (non-hydrogen) atoms. The third kappa shape index (κ3) is 3.91. The standard InChI is InChI=1S/C14H23NS/c1-2-10-15-14(12-8-9-12)7-3-5-13-6-4-11-16-13/h4,6,11-12,14-15H,2-3,5,7-10H2,1H3. The van der Waals surface area contributed by atoms with Crippen LogP contribution in [-0.2, 0) is 6.42 Å². The molecule has 0 aromatic carbocycles. The van der Waals surface area contributed by atoms with Crippen molar-refractivity contribution in [1.82, 2.24) is 5.32 Å². The van der Waals surface area contributed by atoms with E-state index < -0.39 is 0 Å². The maximum Gasteiger partial charge on any atom is 0.00954 e. The highest BCUT2D eigenvalue weighted by molar-refractivity contribution is 7.09. The Labute approximate surface area is 103 Å². The summed E-state index contributed by atoms with van der Waals surface area (Å²) in [4.78, 5) is 1.55. The van der Waals surface area contributed by atoms with Gasteiger partial charge in [-0.3, -0.25) is 0 Å². The van der Waals surface area contributed by atoms with Gasteiger partial charge >= 0.3 is 0 Å². The Morgan fingerprint density at radius 3 is 3.00 bits per heavy atom. The molecule has 0 radical (unpaired) electrons. The van der Waals surface area contributed by atoms with Gasteiger partial charge < -0.3 is 5.32 Å². The number of hydrogen-bond acceptors (Lipinski definition) is 2. The lowest BCUT2D eigenvalue weighted by molar-refractivity contribution is 0.425. The lowest BCUT2D eigenvalue weighted by Gasteiger charge is -2.17. The van der Waals surface area contributed by atoms with E-state index in [0.717, 1.165) is 12.0 Å². The highest BCUT2D eigenvalue weighted by Crippen LogP contribution is 2.34. The van der Waals surface area contributed by atoms with Gasteiger partial charge in [0.1, 0.15) is 0 Å². The fourth-order valence-corrected chi connectivity index (χ4v) is 3.04. The lowest BCUT2D eigenvalue weighted by Crippen LogP contribution is -2.31. The molecular weight excluding hydrogens is 214 g/mol. The molecular formula is C14H23NS. The van der Waals surface area contributed by atoms with Gasteiger partial charge in [0.05, 0.1) is 0 Å². The maximum atomic E-state index is 3.71. The monoisotopic (exact) mass is 237 g/mol. The number of nitrogens with one attached hydrogen (secondary N) is 1. The second-order valence-electron chi connectivity index (χ2n) is 4.87. The number of thiophene rings is 1. The zero-order valence-electron chi connectivity index (χ0n) is 10.2. The summed E-state index contributed by atoms with van der Waals surface area (Å²) in [6.07, 6.45) is 8.16. The fraction of sp³-hybridized carbons (Fsp3) is 0.714. The summed E-state index contributed by atoms with van der Waals surface area (Å²) in [6.45, 7) is 3.45. The molecule has 1 saturated carbocycles. The molecule has 0 bridgehead atoms. The van der Waals surface area contributed by atoms with Crippen LogP contribution < -0.4 is 5.32 Å². The van der Waals surface area contributed by atoms with Crippen LogP contribution in [0.3, 0.4) is 0 Å². The molecule has 1 heterocycles. The van der Waals surface area contributed by atoms with Crippen molar-refractivity contribution in [2.75, 3.05) is 6.54 Å². The van der Waals surface area contributed by atoms with Crippen LogP contribution in [0, 0.1) is 5.92 Å². The Kier molecular flexibility index (Phi) is 4.86. The van der Waals surface area contributed by atoms with E-state index in [1.165, 1.54) is 45.1 Å². The van der Waals surface area contributed by atoms with Gasteiger partial charge in [-0.25, -0.2) is 0 Å². The number of rotatable bonds is 8. The largest absolute Gasteiger partial charge is 0.314 e. The average Bonchev–Trinajstić information content (AvgIpc) is 3.01. The van der Waals surface area contributed by atoms with Crippen molar-refractivity contribution in [3.05, 3.63) is 22.4 Å². The molecule has 1 unspecified atom stereocenters. The van der Waals surface area contributed by atoms with Gasteiger partial charge in [-0.05, 0) is 62.4 Å². The first-order valence-corrected chi connectivity index (χ1v) is 7.54. The molecule has 1 aromatic rings. The fourth-order valence-electron chi connectivity index (χ4n) is 2.28. The van der Waals surface area contributed by atoms with Crippen molar-refractivity contribution in [2.45, 2.75) is 51.5 Å². The normalized spacial score (nSPS) is 17.6. The van der Waals surface area contributed by atoms with Crippen molar-refractivity contribution < 1.29 is 0 Å². The molecule has 0 saturated heterocycles. The molecule has 1 nitrogen and oxygen atoms in total. The molecule has 1 fully saturated rings. The Bertz CT molecular complexity index is 277. The van der Waals surface area contributed by atoms with E-state index in [9.17, 15) is 0 Å². The predicted molar refractivity (Wildman–Crippen MR) is 72.1 cm³/mol. The molecule has 2 rings (SSSR count). The van der Waals surface area contributed by atoms with Crippen molar-refractivity contribution in [3.8, 4) is 0 Å². The van der Waals surface area contributed by atoms with Crippen molar-refractivity contribution >= 4 is 11.3 Å².